The molecule has 0 aliphatic rings. The van der Waals surface area contributed by atoms with E-state index in [-0.39, 0.29) is 5.75 Å². The Balaban J connectivity index is 2.50. The predicted molar refractivity (Wildman–Crippen MR) is 64.3 cm³/mol. The van der Waals surface area contributed by atoms with Gasteiger partial charge in [0, 0.05) is 12.6 Å². The van der Waals surface area contributed by atoms with Crippen LogP contribution in [0.15, 0.2) is 24.3 Å². The first-order chi connectivity index (χ1) is 8.28. The van der Waals surface area contributed by atoms with Crippen LogP contribution in [0.3, 0.4) is 0 Å². The number of hydrogen-bond acceptors (Lipinski definition) is 2. The maximum Gasteiger partial charge on any atom is 0.573 e. The lowest BCUT2D eigenvalue weighted by atomic mass is 10.1. The minimum Gasteiger partial charge on any atom is -0.406 e. The van der Waals surface area contributed by atoms with Crippen LogP contribution in [0, 0.1) is 5.92 Å². The lowest BCUT2D eigenvalue weighted by Gasteiger charge is -2.17. The summed E-state index contributed by atoms with van der Waals surface area (Å²) in [5, 5.41) is 3.30. The lowest BCUT2D eigenvalue weighted by Crippen LogP contribution is -2.30. The van der Waals surface area contributed by atoms with E-state index in [1.165, 1.54) is 12.1 Å². The van der Waals surface area contributed by atoms with Crippen LogP contribution in [-0.4, -0.2) is 12.4 Å². The molecular weight excluding hydrogens is 243 g/mol. The normalized spacial score (nSPS) is 13.7. The topological polar surface area (TPSA) is 21.3 Å². The van der Waals surface area contributed by atoms with Gasteiger partial charge >= 0.3 is 6.36 Å². The molecule has 102 valence electrons. The van der Waals surface area contributed by atoms with Gasteiger partial charge in [0.25, 0.3) is 0 Å². The molecule has 1 aromatic rings. The molecule has 0 saturated heterocycles. The Kier molecular flexibility index (Phi) is 5.02. The van der Waals surface area contributed by atoms with Gasteiger partial charge in [0.2, 0.25) is 0 Å². The number of nitrogens with one attached hydrogen (secondary N) is 1. The minimum absolute atomic E-state index is 0.192. The highest BCUT2D eigenvalue weighted by molar-refractivity contribution is 5.27. The van der Waals surface area contributed by atoms with Crippen molar-refractivity contribution < 1.29 is 17.9 Å². The van der Waals surface area contributed by atoms with Crippen LogP contribution in [0.2, 0.25) is 0 Å². The summed E-state index contributed by atoms with van der Waals surface area (Å²) in [6.07, 6.45) is -4.63. The van der Waals surface area contributed by atoms with Crippen LogP contribution in [0.4, 0.5) is 13.2 Å². The van der Waals surface area contributed by atoms with Crippen molar-refractivity contribution in [3.05, 3.63) is 29.8 Å². The Morgan fingerprint density at radius 3 is 2.11 bits per heavy atom. The third kappa shape index (κ3) is 5.40. The summed E-state index contributed by atoms with van der Waals surface area (Å²) in [7, 11) is 0. The van der Waals surface area contributed by atoms with Crippen LogP contribution in [-0.2, 0) is 6.54 Å². The van der Waals surface area contributed by atoms with Gasteiger partial charge in [0.05, 0.1) is 0 Å². The van der Waals surface area contributed by atoms with E-state index in [0.29, 0.717) is 18.5 Å². The molecule has 1 atom stereocenters. The third-order valence-electron chi connectivity index (χ3n) is 2.79. The summed E-state index contributed by atoms with van der Waals surface area (Å²) in [5.41, 5.74) is 0.928. The molecular formula is C13H18F3NO. The Bertz CT molecular complexity index is 359. The molecule has 5 heteroatoms. The molecule has 2 nitrogen and oxygen atoms in total. The zero-order valence-corrected chi connectivity index (χ0v) is 10.7. The standard InChI is InChI=1S/C13H18F3NO/c1-9(2)10(3)17-8-11-4-6-12(7-5-11)18-13(14,15)16/h4-7,9-10,17H,8H2,1-3H3. The van der Waals surface area contributed by atoms with Crippen LogP contribution < -0.4 is 10.1 Å². The molecule has 1 unspecified atom stereocenters. The van der Waals surface area contributed by atoms with E-state index >= 15 is 0 Å². The molecule has 0 amide bonds. The Morgan fingerprint density at radius 2 is 1.67 bits per heavy atom. The maximum atomic E-state index is 12.0. The SMILES string of the molecule is CC(C)C(C)NCc1ccc(OC(F)(F)F)cc1. The van der Waals surface area contributed by atoms with Gasteiger partial charge in [-0.2, -0.15) is 0 Å². The zero-order chi connectivity index (χ0) is 13.8. The first-order valence-electron chi connectivity index (χ1n) is 5.86. The van der Waals surface area contributed by atoms with Crippen molar-refractivity contribution in [3.8, 4) is 5.75 Å². The molecule has 0 heterocycles. The van der Waals surface area contributed by atoms with Crippen molar-refractivity contribution in [1.29, 1.82) is 0 Å². The number of rotatable bonds is 5. The maximum absolute atomic E-state index is 12.0. The second-order valence-corrected chi connectivity index (χ2v) is 4.61. The van der Waals surface area contributed by atoms with Crippen LogP contribution >= 0.6 is 0 Å². The van der Waals surface area contributed by atoms with Gasteiger partial charge in [-0.15, -0.1) is 13.2 Å². The van der Waals surface area contributed by atoms with Gasteiger partial charge in [-0.3, -0.25) is 0 Å². The second-order valence-electron chi connectivity index (χ2n) is 4.61. The molecule has 0 aliphatic heterocycles. The summed E-state index contributed by atoms with van der Waals surface area (Å²) in [6, 6.07) is 6.26. The Labute approximate surface area is 105 Å². The summed E-state index contributed by atoms with van der Waals surface area (Å²) in [5.74, 6) is 0.320. The lowest BCUT2D eigenvalue weighted by molar-refractivity contribution is -0.274. The van der Waals surface area contributed by atoms with E-state index in [1.807, 2.05) is 0 Å². The van der Waals surface area contributed by atoms with Crippen LogP contribution in [0.5, 0.6) is 5.75 Å². The number of hydrogen-bond donors (Lipinski definition) is 1. The Morgan fingerprint density at radius 1 is 1.11 bits per heavy atom. The third-order valence-corrected chi connectivity index (χ3v) is 2.79. The number of alkyl halides is 3. The van der Waals surface area contributed by atoms with Gasteiger partial charge < -0.3 is 10.1 Å². The summed E-state index contributed by atoms with van der Waals surface area (Å²) in [6.45, 7) is 6.92. The molecule has 1 rings (SSSR count). The van der Waals surface area contributed by atoms with Gasteiger partial charge in [0.1, 0.15) is 5.75 Å². The molecule has 0 saturated carbocycles. The van der Waals surface area contributed by atoms with Crippen molar-refractivity contribution in [2.75, 3.05) is 0 Å². The number of ether oxygens (including phenoxy) is 1. The smallest absolute Gasteiger partial charge is 0.406 e. The molecule has 1 N–H and O–H groups in total. The van der Waals surface area contributed by atoms with Crippen molar-refractivity contribution in [2.24, 2.45) is 5.92 Å². The van der Waals surface area contributed by atoms with E-state index in [2.05, 4.69) is 30.8 Å². The summed E-state index contributed by atoms with van der Waals surface area (Å²) in [4.78, 5) is 0. The predicted octanol–water partition coefficient (Wildman–Crippen LogP) is 3.72. The van der Waals surface area contributed by atoms with Crippen LogP contribution in [0.25, 0.3) is 0 Å². The summed E-state index contributed by atoms with van der Waals surface area (Å²) < 4.78 is 39.7. The molecule has 0 radical (unpaired) electrons. The number of benzene rings is 1. The monoisotopic (exact) mass is 261 g/mol. The Hall–Kier alpha value is -1.23. The van der Waals surface area contributed by atoms with Crippen LogP contribution in [0.1, 0.15) is 26.3 Å². The molecule has 0 aliphatic carbocycles. The number of halogens is 3. The van der Waals surface area contributed by atoms with Gasteiger partial charge in [0.15, 0.2) is 0 Å². The molecule has 1 aromatic carbocycles. The molecule has 0 fully saturated rings. The van der Waals surface area contributed by atoms with Crippen molar-refractivity contribution in [2.45, 2.75) is 39.7 Å². The van der Waals surface area contributed by atoms with Gasteiger partial charge in [-0.05, 0) is 30.5 Å². The molecule has 0 spiro atoms. The quantitative estimate of drug-likeness (QED) is 0.872. The zero-order valence-electron chi connectivity index (χ0n) is 10.7. The average Bonchev–Trinajstić information content (AvgIpc) is 2.25. The van der Waals surface area contributed by atoms with E-state index in [0.717, 1.165) is 5.56 Å². The molecule has 18 heavy (non-hydrogen) atoms. The minimum atomic E-state index is -4.63. The second kappa shape index (κ2) is 6.09. The van der Waals surface area contributed by atoms with Crippen molar-refractivity contribution in [1.82, 2.24) is 5.32 Å². The van der Waals surface area contributed by atoms with E-state index in [1.54, 1.807) is 12.1 Å². The average molecular weight is 261 g/mol. The van der Waals surface area contributed by atoms with Crippen molar-refractivity contribution >= 4 is 0 Å². The largest absolute Gasteiger partial charge is 0.573 e. The summed E-state index contributed by atoms with van der Waals surface area (Å²) >= 11 is 0. The molecule has 0 bridgehead atoms. The van der Waals surface area contributed by atoms with E-state index < -0.39 is 6.36 Å². The van der Waals surface area contributed by atoms with E-state index in [4.69, 9.17) is 0 Å². The first-order valence-corrected chi connectivity index (χ1v) is 5.86. The fraction of sp³-hybridized carbons (Fsp3) is 0.538. The fourth-order valence-corrected chi connectivity index (χ4v) is 1.32. The van der Waals surface area contributed by atoms with Crippen molar-refractivity contribution in [3.63, 3.8) is 0 Å². The highest BCUT2D eigenvalue weighted by atomic mass is 19.4. The van der Waals surface area contributed by atoms with E-state index in [9.17, 15) is 13.2 Å². The highest BCUT2D eigenvalue weighted by Gasteiger charge is 2.30. The van der Waals surface area contributed by atoms with Gasteiger partial charge in [-0.1, -0.05) is 26.0 Å². The molecule has 0 aromatic heterocycles. The fourth-order valence-electron chi connectivity index (χ4n) is 1.32. The highest BCUT2D eigenvalue weighted by Crippen LogP contribution is 2.22. The first kappa shape index (κ1) is 14.8. The van der Waals surface area contributed by atoms with Gasteiger partial charge in [-0.25, -0.2) is 0 Å².